The van der Waals surface area contributed by atoms with E-state index in [1.165, 1.54) is 12.5 Å². The van der Waals surface area contributed by atoms with E-state index in [1.807, 2.05) is 24.3 Å². The van der Waals surface area contributed by atoms with Gasteiger partial charge in [-0.3, -0.25) is 4.98 Å². The molecular formula is C17H19N3O2S. The molecule has 0 N–H and O–H groups in total. The fraction of sp³-hybridized carbons (Fsp3) is 0.294. The molecule has 0 aliphatic carbocycles. The van der Waals surface area contributed by atoms with Crippen molar-refractivity contribution in [1.82, 2.24) is 14.5 Å². The molecule has 5 nitrogen and oxygen atoms in total. The highest BCUT2D eigenvalue weighted by molar-refractivity contribution is 7.90. The zero-order valence-corrected chi connectivity index (χ0v) is 14.0. The van der Waals surface area contributed by atoms with Crippen molar-refractivity contribution in [3.05, 3.63) is 54.1 Å². The summed E-state index contributed by atoms with van der Waals surface area (Å²) >= 11 is 0. The van der Waals surface area contributed by atoms with Gasteiger partial charge in [-0.25, -0.2) is 13.4 Å². The standard InChI is InChI=1S/C17H19N3O2S/c1-3-6-15-9-13-10-16(23(2,21)22)11-19-17(13)20(15)12-14-7-4-5-8-18-14/h4-5,7-11H,3,6,12H2,1-2H3. The molecule has 3 aromatic heterocycles. The Morgan fingerprint density at radius 1 is 1.17 bits per heavy atom. The van der Waals surface area contributed by atoms with Gasteiger partial charge in [0, 0.05) is 29.7 Å². The van der Waals surface area contributed by atoms with Gasteiger partial charge in [-0.15, -0.1) is 0 Å². The number of sulfone groups is 1. The van der Waals surface area contributed by atoms with Crippen LogP contribution in [0.25, 0.3) is 11.0 Å². The highest BCUT2D eigenvalue weighted by atomic mass is 32.2. The lowest BCUT2D eigenvalue weighted by atomic mass is 10.2. The predicted molar refractivity (Wildman–Crippen MR) is 90.2 cm³/mol. The molecule has 0 saturated heterocycles. The molecule has 0 radical (unpaired) electrons. The van der Waals surface area contributed by atoms with E-state index in [2.05, 4.69) is 21.5 Å². The van der Waals surface area contributed by atoms with Gasteiger partial charge in [-0.2, -0.15) is 0 Å². The Kier molecular flexibility index (Phi) is 4.17. The van der Waals surface area contributed by atoms with Gasteiger partial charge in [0.2, 0.25) is 0 Å². The van der Waals surface area contributed by atoms with Crippen molar-refractivity contribution in [1.29, 1.82) is 0 Å². The zero-order valence-electron chi connectivity index (χ0n) is 13.2. The van der Waals surface area contributed by atoms with Crippen molar-refractivity contribution >= 4 is 20.9 Å². The number of rotatable bonds is 5. The van der Waals surface area contributed by atoms with E-state index in [0.29, 0.717) is 6.54 Å². The molecule has 0 saturated carbocycles. The number of pyridine rings is 2. The molecule has 120 valence electrons. The monoisotopic (exact) mass is 329 g/mol. The molecule has 0 unspecified atom stereocenters. The predicted octanol–water partition coefficient (Wildman–Crippen LogP) is 2.84. The fourth-order valence-corrected chi connectivity index (χ4v) is 3.26. The molecule has 3 heterocycles. The minimum Gasteiger partial charge on any atom is -0.324 e. The Labute approximate surface area is 135 Å². The number of aryl methyl sites for hydroxylation is 1. The molecule has 0 fully saturated rings. The number of fused-ring (bicyclic) bond motifs is 1. The van der Waals surface area contributed by atoms with Gasteiger partial charge in [0.1, 0.15) is 5.65 Å². The molecule has 0 aliphatic heterocycles. The van der Waals surface area contributed by atoms with Gasteiger partial charge < -0.3 is 4.57 Å². The van der Waals surface area contributed by atoms with Crippen molar-refractivity contribution in [2.24, 2.45) is 0 Å². The Bertz CT molecular complexity index is 931. The Morgan fingerprint density at radius 2 is 2.00 bits per heavy atom. The molecule has 0 spiro atoms. The van der Waals surface area contributed by atoms with Crippen LogP contribution >= 0.6 is 0 Å². The second kappa shape index (κ2) is 6.12. The smallest absolute Gasteiger partial charge is 0.177 e. The maximum absolute atomic E-state index is 11.7. The fourth-order valence-electron chi connectivity index (χ4n) is 2.68. The first kappa shape index (κ1) is 15.7. The van der Waals surface area contributed by atoms with Crippen molar-refractivity contribution < 1.29 is 8.42 Å². The van der Waals surface area contributed by atoms with Gasteiger partial charge in [0.25, 0.3) is 0 Å². The largest absolute Gasteiger partial charge is 0.324 e. The first-order valence-corrected chi connectivity index (χ1v) is 9.46. The number of hydrogen-bond donors (Lipinski definition) is 0. The summed E-state index contributed by atoms with van der Waals surface area (Å²) in [6.45, 7) is 2.75. The second-order valence-corrected chi connectivity index (χ2v) is 7.66. The quantitative estimate of drug-likeness (QED) is 0.722. The highest BCUT2D eigenvalue weighted by Crippen LogP contribution is 2.23. The van der Waals surface area contributed by atoms with Gasteiger partial charge in [0.05, 0.1) is 17.1 Å². The third kappa shape index (κ3) is 3.27. The summed E-state index contributed by atoms with van der Waals surface area (Å²) in [5.74, 6) is 0. The van der Waals surface area contributed by atoms with E-state index in [1.54, 1.807) is 12.3 Å². The van der Waals surface area contributed by atoms with E-state index in [-0.39, 0.29) is 4.90 Å². The van der Waals surface area contributed by atoms with E-state index >= 15 is 0 Å². The van der Waals surface area contributed by atoms with Crippen LogP contribution in [-0.4, -0.2) is 29.2 Å². The Morgan fingerprint density at radius 3 is 2.65 bits per heavy atom. The molecule has 6 heteroatoms. The summed E-state index contributed by atoms with van der Waals surface area (Å²) in [6.07, 6.45) is 6.33. The Balaban J connectivity index is 2.12. The van der Waals surface area contributed by atoms with Crippen molar-refractivity contribution in [3.8, 4) is 0 Å². The van der Waals surface area contributed by atoms with Crippen LogP contribution < -0.4 is 0 Å². The van der Waals surface area contributed by atoms with Crippen LogP contribution in [0.2, 0.25) is 0 Å². The lowest BCUT2D eigenvalue weighted by Crippen LogP contribution is -2.06. The highest BCUT2D eigenvalue weighted by Gasteiger charge is 2.14. The summed E-state index contributed by atoms with van der Waals surface area (Å²) in [5.41, 5.74) is 2.90. The average Bonchev–Trinajstić information content (AvgIpc) is 2.85. The van der Waals surface area contributed by atoms with E-state index < -0.39 is 9.84 Å². The van der Waals surface area contributed by atoms with Crippen LogP contribution in [0.3, 0.4) is 0 Å². The van der Waals surface area contributed by atoms with Crippen LogP contribution in [0.15, 0.2) is 47.6 Å². The first-order chi connectivity index (χ1) is 11.0. The van der Waals surface area contributed by atoms with Crippen LogP contribution in [0.1, 0.15) is 24.7 Å². The Hall–Kier alpha value is -2.21. The molecule has 3 aromatic rings. The van der Waals surface area contributed by atoms with E-state index in [4.69, 9.17) is 0 Å². The summed E-state index contributed by atoms with van der Waals surface area (Å²) in [7, 11) is -3.25. The third-order valence-corrected chi connectivity index (χ3v) is 4.85. The number of nitrogens with zero attached hydrogens (tertiary/aromatic N) is 3. The first-order valence-electron chi connectivity index (χ1n) is 7.57. The van der Waals surface area contributed by atoms with Crippen LogP contribution in [0, 0.1) is 0 Å². The zero-order chi connectivity index (χ0) is 16.4. The molecular weight excluding hydrogens is 310 g/mol. The van der Waals surface area contributed by atoms with Gasteiger partial charge >= 0.3 is 0 Å². The second-order valence-electron chi connectivity index (χ2n) is 5.65. The number of aromatic nitrogens is 3. The third-order valence-electron chi connectivity index (χ3n) is 3.78. The minimum atomic E-state index is -3.25. The molecule has 0 aliphatic rings. The number of hydrogen-bond acceptors (Lipinski definition) is 4. The lowest BCUT2D eigenvalue weighted by molar-refractivity contribution is 0.601. The molecule has 3 rings (SSSR count). The van der Waals surface area contributed by atoms with Crippen LogP contribution in [0.4, 0.5) is 0 Å². The van der Waals surface area contributed by atoms with Gasteiger partial charge in [-0.1, -0.05) is 19.4 Å². The van der Waals surface area contributed by atoms with Crippen LogP contribution in [0.5, 0.6) is 0 Å². The summed E-state index contributed by atoms with van der Waals surface area (Å²) in [6, 6.07) is 9.56. The maximum atomic E-state index is 11.7. The normalized spacial score (nSPS) is 11.9. The van der Waals surface area contributed by atoms with Crippen LogP contribution in [-0.2, 0) is 22.8 Å². The van der Waals surface area contributed by atoms with Gasteiger partial charge in [0.15, 0.2) is 9.84 Å². The minimum absolute atomic E-state index is 0.253. The SMILES string of the molecule is CCCc1cc2cc(S(C)(=O)=O)cnc2n1Cc1ccccn1. The summed E-state index contributed by atoms with van der Waals surface area (Å²) < 4.78 is 25.6. The average molecular weight is 329 g/mol. The van der Waals surface area contributed by atoms with Crippen molar-refractivity contribution in [2.45, 2.75) is 31.2 Å². The van der Waals surface area contributed by atoms with Gasteiger partial charge in [-0.05, 0) is 30.7 Å². The molecule has 0 amide bonds. The summed E-state index contributed by atoms with van der Waals surface area (Å²) in [5, 5.41) is 0.854. The van der Waals surface area contributed by atoms with Crippen molar-refractivity contribution in [3.63, 3.8) is 0 Å². The van der Waals surface area contributed by atoms with E-state index in [0.717, 1.165) is 35.3 Å². The summed E-state index contributed by atoms with van der Waals surface area (Å²) in [4.78, 5) is 9.03. The molecule has 0 aromatic carbocycles. The topological polar surface area (TPSA) is 64.8 Å². The maximum Gasteiger partial charge on any atom is 0.177 e. The van der Waals surface area contributed by atoms with E-state index in [9.17, 15) is 8.42 Å². The molecule has 0 bridgehead atoms. The molecule has 23 heavy (non-hydrogen) atoms. The lowest BCUT2D eigenvalue weighted by Gasteiger charge is -2.09. The molecule has 0 atom stereocenters. The van der Waals surface area contributed by atoms with Crippen molar-refractivity contribution in [2.75, 3.05) is 6.26 Å².